The summed E-state index contributed by atoms with van der Waals surface area (Å²) >= 11 is 0. The molecule has 1 aliphatic rings. The number of hydrogen-bond donors (Lipinski definition) is 1. The summed E-state index contributed by atoms with van der Waals surface area (Å²) in [5.74, 6) is -0.138. The quantitative estimate of drug-likeness (QED) is 0.627. The number of hydrogen-bond acceptors (Lipinski definition) is 3. The molecule has 3 aromatic rings. The molecule has 0 fully saturated rings. The zero-order valence-corrected chi connectivity index (χ0v) is 16.7. The number of rotatable bonds is 6. The van der Waals surface area contributed by atoms with Crippen LogP contribution in [0.1, 0.15) is 28.4 Å². The lowest BCUT2D eigenvalue weighted by Crippen LogP contribution is -2.48. The van der Waals surface area contributed by atoms with Crippen LogP contribution in [0.4, 0.5) is 0 Å². The van der Waals surface area contributed by atoms with Gasteiger partial charge in [-0.15, -0.1) is 0 Å². The Bertz CT molecular complexity index is 1000. The number of aliphatic hydroxyl groups is 1. The van der Waals surface area contributed by atoms with Crippen LogP contribution in [-0.2, 0) is 22.7 Å². The molecule has 0 radical (unpaired) electrons. The Morgan fingerprint density at radius 2 is 1.63 bits per heavy atom. The van der Waals surface area contributed by atoms with E-state index >= 15 is 0 Å². The molecule has 0 unspecified atom stereocenters. The van der Waals surface area contributed by atoms with Crippen molar-refractivity contribution in [2.75, 3.05) is 6.61 Å². The largest absolute Gasteiger partial charge is 0.394 e. The van der Waals surface area contributed by atoms with Crippen LogP contribution in [0.3, 0.4) is 0 Å². The van der Waals surface area contributed by atoms with E-state index in [9.17, 15) is 9.90 Å². The van der Waals surface area contributed by atoms with Gasteiger partial charge in [0.2, 0.25) is 5.91 Å². The average Bonchev–Trinajstić information content (AvgIpc) is 2.81. The van der Waals surface area contributed by atoms with E-state index in [1.54, 1.807) is 17.1 Å². The van der Waals surface area contributed by atoms with Crippen molar-refractivity contribution < 1.29 is 14.6 Å². The molecule has 0 saturated heterocycles. The monoisotopic (exact) mass is 399 g/mol. The fourth-order valence-corrected chi connectivity index (χ4v) is 3.85. The van der Waals surface area contributed by atoms with Gasteiger partial charge in [-0.05, 0) is 28.3 Å². The molecule has 152 valence electrons. The molecular weight excluding hydrogens is 374 g/mol. The Balaban J connectivity index is 1.58. The van der Waals surface area contributed by atoms with E-state index in [0.29, 0.717) is 13.2 Å². The second-order valence-electron chi connectivity index (χ2n) is 7.38. The maximum Gasteiger partial charge on any atom is 0.247 e. The summed E-state index contributed by atoms with van der Waals surface area (Å²) in [4.78, 5) is 14.7. The molecule has 4 nitrogen and oxygen atoms in total. The predicted octanol–water partition coefficient (Wildman–Crippen LogP) is 4.36. The molecule has 0 bridgehead atoms. The first kappa shape index (κ1) is 20.1. The maximum absolute atomic E-state index is 13.0. The van der Waals surface area contributed by atoms with Crippen molar-refractivity contribution >= 4 is 12.0 Å². The molecule has 0 aromatic heterocycles. The fraction of sp³-hybridized carbons (Fsp3) is 0.192. The number of fused-ring (bicyclic) bond motifs is 1. The van der Waals surface area contributed by atoms with Crippen LogP contribution in [0, 0.1) is 0 Å². The standard InChI is InChI=1S/C26H25NO3/c28-18-24-26(30-19-21-11-5-2-6-12-21)23-14-8-7-13-22(23)17-27(24)25(29)16-15-20-9-3-1-4-10-20/h1-16,24,26,28H,17-19H2/b16-15+/t24-,26+/m0/s1. The summed E-state index contributed by atoms with van der Waals surface area (Å²) in [5, 5.41) is 10.2. The average molecular weight is 399 g/mol. The summed E-state index contributed by atoms with van der Waals surface area (Å²) in [6.07, 6.45) is 2.98. The first-order valence-electron chi connectivity index (χ1n) is 10.1. The van der Waals surface area contributed by atoms with Crippen molar-refractivity contribution in [3.8, 4) is 0 Å². The summed E-state index contributed by atoms with van der Waals surface area (Å²) in [5.41, 5.74) is 4.09. The van der Waals surface area contributed by atoms with Crippen LogP contribution in [0.25, 0.3) is 6.08 Å². The highest BCUT2D eigenvalue weighted by Gasteiger charge is 2.37. The maximum atomic E-state index is 13.0. The minimum Gasteiger partial charge on any atom is -0.394 e. The number of carbonyl (C=O) groups is 1. The molecule has 0 spiro atoms. The summed E-state index contributed by atoms with van der Waals surface area (Å²) in [7, 11) is 0. The minimum atomic E-state index is -0.448. The van der Waals surface area contributed by atoms with Crippen molar-refractivity contribution in [1.29, 1.82) is 0 Å². The van der Waals surface area contributed by atoms with E-state index in [-0.39, 0.29) is 12.5 Å². The summed E-state index contributed by atoms with van der Waals surface area (Å²) in [6, 6.07) is 27.2. The molecule has 4 heteroatoms. The molecule has 1 amide bonds. The van der Waals surface area contributed by atoms with Crippen molar-refractivity contribution in [3.05, 3.63) is 113 Å². The van der Waals surface area contributed by atoms with Crippen LogP contribution in [0.5, 0.6) is 0 Å². The van der Waals surface area contributed by atoms with E-state index in [4.69, 9.17) is 4.74 Å². The lowest BCUT2D eigenvalue weighted by atomic mass is 9.91. The smallest absolute Gasteiger partial charge is 0.247 e. The predicted molar refractivity (Wildman–Crippen MR) is 117 cm³/mol. The lowest BCUT2D eigenvalue weighted by Gasteiger charge is -2.41. The highest BCUT2D eigenvalue weighted by atomic mass is 16.5. The van der Waals surface area contributed by atoms with Gasteiger partial charge in [0.25, 0.3) is 0 Å². The third-order valence-corrected chi connectivity index (χ3v) is 5.41. The first-order valence-corrected chi connectivity index (χ1v) is 10.1. The van der Waals surface area contributed by atoms with Crippen molar-refractivity contribution in [3.63, 3.8) is 0 Å². The molecule has 1 aliphatic heterocycles. The van der Waals surface area contributed by atoms with Gasteiger partial charge in [-0.1, -0.05) is 84.9 Å². The van der Waals surface area contributed by atoms with Crippen LogP contribution in [0.2, 0.25) is 0 Å². The van der Waals surface area contributed by atoms with E-state index in [0.717, 1.165) is 22.3 Å². The highest BCUT2D eigenvalue weighted by Crippen LogP contribution is 2.35. The van der Waals surface area contributed by atoms with Gasteiger partial charge in [-0.3, -0.25) is 4.79 Å². The zero-order chi connectivity index (χ0) is 20.8. The van der Waals surface area contributed by atoms with Crippen molar-refractivity contribution in [1.82, 2.24) is 4.90 Å². The number of benzene rings is 3. The SMILES string of the molecule is O=C(/C=C/c1ccccc1)N1Cc2ccccc2[C@@H](OCc2ccccc2)[C@@H]1CO. The normalized spacial score (nSPS) is 18.4. The van der Waals surface area contributed by atoms with Crippen molar-refractivity contribution in [2.45, 2.75) is 25.3 Å². The fourth-order valence-electron chi connectivity index (χ4n) is 3.85. The van der Waals surface area contributed by atoms with Crippen LogP contribution >= 0.6 is 0 Å². The third-order valence-electron chi connectivity index (χ3n) is 5.41. The Morgan fingerprint density at radius 1 is 0.967 bits per heavy atom. The molecule has 30 heavy (non-hydrogen) atoms. The van der Waals surface area contributed by atoms with Gasteiger partial charge >= 0.3 is 0 Å². The van der Waals surface area contributed by atoms with Crippen molar-refractivity contribution in [2.24, 2.45) is 0 Å². The van der Waals surface area contributed by atoms with Gasteiger partial charge < -0.3 is 14.7 Å². The Hall–Kier alpha value is -3.21. The zero-order valence-electron chi connectivity index (χ0n) is 16.7. The highest BCUT2D eigenvalue weighted by molar-refractivity contribution is 5.92. The molecule has 1 N–H and O–H groups in total. The van der Waals surface area contributed by atoms with Gasteiger partial charge in [0.15, 0.2) is 0 Å². The molecule has 2 atom stereocenters. The summed E-state index contributed by atoms with van der Waals surface area (Å²) in [6.45, 7) is 0.696. The lowest BCUT2D eigenvalue weighted by molar-refractivity contribution is -0.137. The van der Waals surface area contributed by atoms with Crippen LogP contribution in [-0.4, -0.2) is 28.6 Å². The van der Waals surface area contributed by atoms with Gasteiger partial charge in [0, 0.05) is 12.6 Å². The molecule has 1 heterocycles. The second kappa shape index (κ2) is 9.53. The van der Waals surface area contributed by atoms with Crippen LogP contribution < -0.4 is 0 Å². The van der Waals surface area contributed by atoms with E-state index in [2.05, 4.69) is 0 Å². The Labute approximate surface area is 177 Å². The second-order valence-corrected chi connectivity index (χ2v) is 7.38. The Morgan fingerprint density at radius 3 is 2.37 bits per heavy atom. The number of amides is 1. The number of nitrogens with zero attached hydrogens (tertiary/aromatic N) is 1. The Kier molecular flexibility index (Phi) is 6.38. The topological polar surface area (TPSA) is 49.8 Å². The van der Waals surface area contributed by atoms with Gasteiger partial charge in [-0.25, -0.2) is 0 Å². The number of carbonyl (C=O) groups excluding carboxylic acids is 1. The minimum absolute atomic E-state index is 0.138. The van der Waals surface area contributed by atoms with Gasteiger partial charge in [-0.2, -0.15) is 0 Å². The number of aliphatic hydroxyl groups excluding tert-OH is 1. The molecule has 4 rings (SSSR count). The van der Waals surface area contributed by atoms with Gasteiger partial charge in [0.1, 0.15) is 6.10 Å². The first-order chi connectivity index (χ1) is 14.8. The molecule has 0 saturated carbocycles. The molecular formula is C26H25NO3. The third kappa shape index (κ3) is 4.51. The van der Waals surface area contributed by atoms with E-state index < -0.39 is 12.1 Å². The molecule has 3 aromatic carbocycles. The molecule has 0 aliphatic carbocycles. The number of ether oxygens (including phenoxy) is 1. The van der Waals surface area contributed by atoms with Crippen LogP contribution in [0.15, 0.2) is 91.0 Å². The summed E-state index contributed by atoms with van der Waals surface area (Å²) < 4.78 is 6.26. The van der Waals surface area contributed by atoms with E-state index in [1.165, 1.54) is 0 Å². The van der Waals surface area contributed by atoms with Gasteiger partial charge in [0.05, 0.1) is 19.3 Å². The van der Waals surface area contributed by atoms with E-state index in [1.807, 2.05) is 84.9 Å².